The van der Waals surface area contributed by atoms with E-state index in [-0.39, 0.29) is 0 Å². The number of nitrogens with two attached hydrogens (primary N) is 1. The molecule has 0 aliphatic rings. The van der Waals surface area contributed by atoms with Crippen LogP contribution in [-0.2, 0) is 9.53 Å². The molecule has 0 fully saturated rings. The second-order valence-electron chi connectivity index (χ2n) is 2.63. The second-order valence-corrected chi connectivity index (χ2v) is 3.07. The van der Waals surface area contributed by atoms with Crippen molar-refractivity contribution in [3.8, 4) is 0 Å². The molecule has 1 aromatic carbocycles. The van der Waals surface area contributed by atoms with E-state index in [4.69, 9.17) is 17.3 Å². The van der Waals surface area contributed by atoms with E-state index in [2.05, 4.69) is 4.74 Å². The number of esters is 1. The van der Waals surface area contributed by atoms with Crippen LogP contribution in [0.5, 0.6) is 0 Å². The largest absolute Gasteiger partial charge is 0.466 e. The highest BCUT2D eigenvalue weighted by atomic mass is 35.5. The van der Waals surface area contributed by atoms with Gasteiger partial charge in [-0.1, -0.05) is 11.6 Å². The van der Waals surface area contributed by atoms with Crippen LogP contribution in [-0.4, -0.2) is 13.1 Å². The molecule has 3 nitrogen and oxygen atoms in total. The Balaban J connectivity index is 2.90. The van der Waals surface area contributed by atoms with Gasteiger partial charge in [0.15, 0.2) is 0 Å². The molecule has 4 heteroatoms. The smallest absolute Gasteiger partial charge is 0.330 e. The van der Waals surface area contributed by atoms with Crippen molar-refractivity contribution in [1.82, 2.24) is 0 Å². The molecule has 2 N–H and O–H groups in total. The molecule has 0 saturated carbocycles. The predicted molar refractivity (Wildman–Crippen MR) is 56.9 cm³/mol. The number of methoxy groups -OCH3 is 1. The summed E-state index contributed by atoms with van der Waals surface area (Å²) in [5.41, 5.74) is 6.92. The highest BCUT2D eigenvalue weighted by Gasteiger charge is 1.97. The van der Waals surface area contributed by atoms with Crippen molar-refractivity contribution < 1.29 is 9.53 Å². The number of hydrogen-bond acceptors (Lipinski definition) is 3. The maximum absolute atomic E-state index is 10.8. The lowest BCUT2D eigenvalue weighted by atomic mass is 10.1. The molecule has 0 spiro atoms. The van der Waals surface area contributed by atoms with Gasteiger partial charge in [-0.25, -0.2) is 4.79 Å². The Bertz CT molecular complexity index is 374. The highest BCUT2D eigenvalue weighted by molar-refractivity contribution is 6.30. The van der Waals surface area contributed by atoms with Crippen molar-refractivity contribution in [3.63, 3.8) is 0 Å². The maximum Gasteiger partial charge on any atom is 0.330 e. The Hall–Kier alpha value is -1.48. The number of anilines is 1. The normalized spacial score (nSPS) is 10.4. The van der Waals surface area contributed by atoms with E-state index in [0.29, 0.717) is 16.3 Å². The van der Waals surface area contributed by atoms with E-state index in [9.17, 15) is 4.79 Å². The summed E-state index contributed by atoms with van der Waals surface area (Å²) >= 11 is 5.76. The van der Waals surface area contributed by atoms with Gasteiger partial charge in [0.25, 0.3) is 0 Å². The van der Waals surface area contributed by atoms with Crippen molar-refractivity contribution in [3.05, 3.63) is 34.9 Å². The number of ether oxygens (including phenoxy) is 1. The molecule has 0 saturated heterocycles. The number of nitrogen functional groups attached to an aromatic ring is 1. The third kappa shape index (κ3) is 2.78. The minimum absolute atomic E-state index is 0.427. The minimum atomic E-state index is -0.427. The fraction of sp³-hybridized carbons (Fsp3) is 0.100. The van der Waals surface area contributed by atoms with Gasteiger partial charge in [0.05, 0.1) is 7.11 Å². The van der Waals surface area contributed by atoms with Gasteiger partial charge in [-0.3, -0.25) is 0 Å². The highest BCUT2D eigenvalue weighted by Crippen LogP contribution is 2.18. The summed E-state index contributed by atoms with van der Waals surface area (Å²) in [6, 6.07) is 5.04. The third-order valence-electron chi connectivity index (χ3n) is 1.65. The number of halogens is 1. The van der Waals surface area contributed by atoms with Gasteiger partial charge < -0.3 is 10.5 Å². The molecule has 1 aromatic rings. The van der Waals surface area contributed by atoms with E-state index in [1.165, 1.54) is 13.2 Å². The monoisotopic (exact) mass is 211 g/mol. The minimum Gasteiger partial charge on any atom is -0.466 e. The van der Waals surface area contributed by atoms with Crippen molar-refractivity contribution >= 4 is 29.3 Å². The molecule has 0 radical (unpaired) electrons. The third-order valence-corrected chi connectivity index (χ3v) is 1.88. The molecule has 0 bridgehead atoms. The summed E-state index contributed by atoms with van der Waals surface area (Å²) in [6.45, 7) is 0. The van der Waals surface area contributed by atoms with Gasteiger partial charge in [-0.2, -0.15) is 0 Å². The number of rotatable bonds is 2. The Labute approximate surface area is 87.1 Å². The van der Waals surface area contributed by atoms with Crippen LogP contribution >= 0.6 is 11.6 Å². The van der Waals surface area contributed by atoms with Crippen molar-refractivity contribution in [1.29, 1.82) is 0 Å². The Kier molecular flexibility index (Phi) is 3.54. The first-order valence-corrected chi connectivity index (χ1v) is 4.32. The maximum atomic E-state index is 10.8. The number of carbonyl (C=O) groups is 1. The van der Waals surface area contributed by atoms with E-state index in [0.717, 1.165) is 0 Å². The Morgan fingerprint density at radius 1 is 1.57 bits per heavy atom. The molecule has 0 atom stereocenters. The number of hydrogen-bond donors (Lipinski definition) is 1. The van der Waals surface area contributed by atoms with Crippen LogP contribution in [0.1, 0.15) is 5.56 Å². The molecule has 0 unspecified atom stereocenters. The molecule has 0 amide bonds. The zero-order valence-corrected chi connectivity index (χ0v) is 8.41. The van der Waals surface area contributed by atoms with Crippen LogP contribution in [0.2, 0.25) is 5.02 Å². The first kappa shape index (κ1) is 10.6. The van der Waals surface area contributed by atoms with Gasteiger partial charge >= 0.3 is 5.97 Å². The molecule has 0 aromatic heterocycles. The number of carbonyl (C=O) groups excluding carboxylic acids is 1. The number of benzene rings is 1. The van der Waals surface area contributed by atoms with Crippen LogP contribution in [0.15, 0.2) is 24.3 Å². The van der Waals surface area contributed by atoms with Crippen molar-refractivity contribution in [2.45, 2.75) is 0 Å². The van der Waals surface area contributed by atoms with E-state index < -0.39 is 5.97 Å². The van der Waals surface area contributed by atoms with E-state index in [1.54, 1.807) is 24.3 Å². The van der Waals surface area contributed by atoms with E-state index in [1.807, 2.05) is 0 Å². The summed E-state index contributed by atoms with van der Waals surface area (Å²) in [6.07, 6.45) is 2.86. The molecule has 0 aliphatic heterocycles. The fourth-order valence-corrected chi connectivity index (χ4v) is 1.10. The molecule has 0 heterocycles. The van der Waals surface area contributed by atoms with Crippen LogP contribution in [0.3, 0.4) is 0 Å². The lowest BCUT2D eigenvalue weighted by Gasteiger charge is -1.99. The van der Waals surface area contributed by atoms with Crippen LogP contribution < -0.4 is 5.73 Å². The zero-order valence-electron chi connectivity index (χ0n) is 7.66. The summed E-state index contributed by atoms with van der Waals surface area (Å²) in [5, 5.41) is 0.573. The molecule has 0 aliphatic carbocycles. The van der Waals surface area contributed by atoms with Gasteiger partial charge in [0, 0.05) is 16.8 Å². The molecule has 14 heavy (non-hydrogen) atoms. The van der Waals surface area contributed by atoms with Crippen molar-refractivity contribution in [2.24, 2.45) is 0 Å². The molecular weight excluding hydrogens is 202 g/mol. The Morgan fingerprint density at radius 3 is 2.93 bits per heavy atom. The standard InChI is InChI=1S/C10H10ClNO2/c1-14-10(13)5-2-7-6-8(11)3-4-9(7)12/h2-6H,12H2,1H3/b5-2+. The zero-order chi connectivity index (χ0) is 10.6. The molecule has 74 valence electrons. The summed E-state index contributed by atoms with van der Waals surface area (Å²) in [4.78, 5) is 10.8. The van der Waals surface area contributed by atoms with Crippen LogP contribution in [0.25, 0.3) is 6.08 Å². The first-order chi connectivity index (χ1) is 6.63. The quantitative estimate of drug-likeness (QED) is 0.463. The SMILES string of the molecule is COC(=O)/C=C/c1cc(Cl)ccc1N. The summed E-state index contributed by atoms with van der Waals surface area (Å²) in [5.74, 6) is -0.427. The van der Waals surface area contributed by atoms with Gasteiger partial charge in [0.2, 0.25) is 0 Å². The first-order valence-electron chi connectivity index (χ1n) is 3.94. The van der Waals surface area contributed by atoms with Gasteiger partial charge in [0.1, 0.15) is 0 Å². The van der Waals surface area contributed by atoms with Gasteiger partial charge in [-0.05, 0) is 29.8 Å². The molecule has 1 rings (SSSR count). The van der Waals surface area contributed by atoms with Gasteiger partial charge in [-0.15, -0.1) is 0 Å². The van der Waals surface area contributed by atoms with E-state index >= 15 is 0 Å². The second kappa shape index (κ2) is 4.67. The van der Waals surface area contributed by atoms with Crippen LogP contribution in [0.4, 0.5) is 5.69 Å². The predicted octanol–water partition coefficient (Wildman–Crippen LogP) is 2.11. The lowest BCUT2D eigenvalue weighted by molar-refractivity contribution is -0.134. The fourth-order valence-electron chi connectivity index (χ4n) is 0.916. The average Bonchev–Trinajstić information content (AvgIpc) is 2.19. The lowest BCUT2D eigenvalue weighted by Crippen LogP contribution is -1.94. The topological polar surface area (TPSA) is 52.3 Å². The summed E-state index contributed by atoms with van der Waals surface area (Å²) < 4.78 is 4.44. The molecular formula is C10H10ClNO2. The van der Waals surface area contributed by atoms with Crippen LogP contribution in [0, 0.1) is 0 Å². The summed E-state index contributed by atoms with van der Waals surface area (Å²) in [7, 11) is 1.31. The average molecular weight is 212 g/mol. The van der Waals surface area contributed by atoms with Crippen molar-refractivity contribution in [2.75, 3.05) is 12.8 Å². The Morgan fingerprint density at radius 2 is 2.29 bits per heavy atom.